The third kappa shape index (κ3) is 1.73. The first-order valence-corrected chi connectivity index (χ1v) is 5.46. The SMILES string of the molecule is CNc1ccc(C(=O)N2CCCN2)s1. The van der Waals surface area contributed by atoms with E-state index in [4.69, 9.17) is 0 Å². The molecule has 1 amide bonds. The molecule has 2 N–H and O–H groups in total. The van der Waals surface area contributed by atoms with Gasteiger partial charge < -0.3 is 5.32 Å². The van der Waals surface area contributed by atoms with E-state index in [2.05, 4.69) is 10.7 Å². The van der Waals surface area contributed by atoms with E-state index >= 15 is 0 Å². The Kier molecular flexibility index (Phi) is 2.69. The monoisotopic (exact) mass is 211 g/mol. The minimum atomic E-state index is 0.0778. The molecule has 4 nitrogen and oxygen atoms in total. The minimum absolute atomic E-state index is 0.0778. The van der Waals surface area contributed by atoms with Crippen molar-refractivity contribution in [3.63, 3.8) is 0 Å². The van der Waals surface area contributed by atoms with Crippen molar-refractivity contribution in [2.45, 2.75) is 6.42 Å². The van der Waals surface area contributed by atoms with Gasteiger partial charge >= 0.3 is 0 Å². The van der Waals surface area contributed by atoms with Gasteiger partial charge in [0.25, 0.3) is 5.91 Å². The van der Waals surface area contributed by atoms with Crippen LogP contribution in [0.2, 0.25) is 0 Å². The number of carbonyl (C=O) groups is 1. The molecule has 76 valence electrons. The lowest BCUT2D eigenvalue weighted by Gasteiger charge is -2.13. The van der Waals surface area contributed by atoms with Crippen LogP contribution in [0.5, 0.6) is 0 Å². The van der Waals surface area contributed by atoms with Gasteiger partial charge in [-0.15, -0.1) is 11.3 Å². The second-order valence-corrected chi connectivity index (χ2v) is 4.22. The molecule has 0 aromatic carbocycles. The molecule has 1 aliphatic heterocycles. The quantitative estimate of drug-likeness (QED) is 0.771. The first-order chi connectivity index (χ1) is 6.81. The van der Waals surface area contributed by atoms with E-state index in [0.29, 0.717) is 0 Å². The van der Waals surface area contributed by atoms with Crippen LogP contribution in [0.1, 0.15) is 16.1 Å². The van der Waals surface area contributed by atoms with Crippen LogP contribution in [-0.4, -0.2) is 31.1 Å². The summed E-state index contributed by atoms with van der Waals surface area (Å²) >= 11 is 1.49. The maximum Gasteiger partial charge on any atom is 0.278 e. The second-order valence-electron chi connectivity index (χ2n) is 3.13. The molecule has 0 radical (unpaired) electrons. The Morgan fingerprint density at radius 3 is 3.07 bits per heavy atom. The number of hydrogen-bond donors (Lipinski definition) is 2. The van der Waals surface area contributed by atoms with Crippen molar-refractivity contribution in [2.75, 3.05) is 25.5 Å². The molecule has 0 spiro atoms. The third-order valence-corrected chi connectivity index (χ3v) is 3.26. The first kappa shape index (κ1) is 9.48. The van der Waals surface area contributed by atoms with E-state index in [0.717, 1.165) is 29.4 Å². The predicted molar refractivity (Wildman–Crippen MR) is 57.5 cm³/mol. The average molecular weight is 211 g/mol. The molecule has 2 heterocycles. The zero-order chi connectivity index (χ0) is 9.97. The minimum Gasteiger partial charge on any atom is -0.380 e. The van der Waals surface area contributed by atoms with Crippen LogP contribution < -0.4 is 10.7 Å². The fourth-order valence-corrected chi connectivity index (χ4v) is 2.23. The van der Waals surface area contributed by atoms with Gasteiger partial charge in [-0.2, -0.15) is 0 Å². The molecule has 0 saturated carbocycles. The van der Waals surface area contributed by atoms with Crippen LogP contribution in [0.4, 0.5) is 5.00 Å². The lowest BCUT2D eigenvalue weighted by molar-refractivity contribution is 0.0731. The van der Waals surface area contributed by atoms with E-state index in [1.807, 2.05) is 19.2 Å². The summed E-state index contributed by atoms with van der Waals surface area (Å²) in [6.45, 7) is 1.71. The van der Waals surface area contributed by atoms with Gasteiger partial charge in [0.1, 0.15) is 0 Å². The first-order valence-electron chi connectivity index (χ1n) is 4.64. The zero-order valence-electron chi connectivity index (χ0n) is 8.04. The van der Waals surface area contributed by atoms with Gasteiger partial charge in [-0.1, -0.05) is 0 Å². The predicted octanol–water partition coefficient (Wildman–Crippen LogP) is 1.14. The maximum absolute atomic E-state index is 11.8. The highest BCUT2D eigenvalue weighted by Gasteiger charge is 2.20. The third-order valence-electron chi connectivity index (χ3n) is 2.17. The van der Waals surface area contributed by atoms with Crippen LogP contribution in [-0.2, 0) is 0 Å². The fourth-order valence-electron chi connectivity index (χ4n) is 1.42. The van der Waals surface area contributed by atoms with Crippen LogP contribution in [0.15, 0.2) is 12.1 Å². The van der Waals surface area contributed by atoms with Gasteiger partial charge in [0.15, 0.2) is 0 Å². The maximum atomic E-state index is 11.8. The van der Waals surface area contributed by atoms with Crippen molar-refractivity contribution in [3.8, 4) is 0 Å². The highest BCUT2D eigenvalue weighted by molar-refractivity contribution is 7.17. The Morgan fingerprint density at radius 1 is 1.64 bits per heavy atom. The van der Waals surface area contributed by atoms with Gasteiger partial charge in [-0.3, -0.25) is 9.80 Å². The van der Waals surface area contributed by atoms with Gasteiger partial charge in [0, 0.05) is 20.1 Å². The molecule has 1 fully saturated rings. The Balaban J connectivity index is 2.09. The second kappa shape index (κ2) is 3.98. The van der Waals surface area contributed by atoms with E-state index in [1.54, 1.807) is 5.01 Å². The lowest BCUT2D eigenvalue weighted by Crippen LogP contribution is -2.36. The molecule has 1 aromatic heterocycles. The van der Waals surface area contributed by atoms with Crippen molar-refractivity contribution in [2.24, 2.45) is 0 Å². The summed E-state index contributed by atoms with van der Waals surface area (Å²) in [6, 6.07) is 3.78. The summed E-state index contributed by atoms with van der Waals surface area (Å²) in [7, 11) is 1.86. The summed E-state index contributed by atoms with van der Waals surface area (Å²) in [5.74, 6) is 0.0778. The molecular formula is C9H13N3OS. The molecule has 0 bridgehead atoms. The van der Waals surface area contributed by atoms with E-state index < -0.39 is 0 Å². The topological polar surface area (TPSA) is 44.4 Å². The number of hydrogen-bond acceptors (Lipinski definition) is 4. The number of nitrogens with zero attached hydrogens (tertiary/aromatic N) is 1. The number of hydrazine groups is 1. The summed E-state index contributed by atoms with van der Waals surface area (Å²) in [6.07, 6.45) is 1.04. The molecule has 5 heteroatoms. The normalized spacial score (nSPS) is 15.9. The summed E-state index contributed by atoms with van der Waals surface area (Å²) in [5, 5.41) is 5.73. The number of amides is 1. The Hall–Kier alpha value is -1.07. The standard InChI is InChI=1S/C9H13N3OS/c1-10-8-4-3-7(14-8)9(13)12-6-2-5-11-12/h3-4,10-11H,2,5-6H2,1H3. The van der Waals surface area contributed by atoms with Gasteiger partial charge in [-0.05, 0) is 18.6 Å². The molecule has 0 atom stereocenters. The highest BCUT2D eigenvalue weighted by atomic mass is 32.1. The van der Waals surface area contributed by atoms with Crippen molar-refractivity contribution in [1.82, 2.24) is 10.4 Å². The van der Waals surface area contributed by atoms with E-state index in [1.165, 1.54) is 11.3 Å². The van der Waals surface area contributed by atoms with E-state index in [-0.39, 0.29) is 5.91 Å². The molecule has 0 aliphatic carbocycles. The molecule has 1 aliphatic rings. The summed E-state index contributed by atoms with van der Waals surface area (Å²) in [4.78, 5) is 12.6. The van der Waals surface area contributed by atoms with Crippen molar-refractivity contribution < 1.29 is 4.79 Å². The van der Waals surface area contributed by atoms with Gasteiger partial charge in [0.05, 0.1) is 9.88 Å². The highest BCUT2D eigenvalue weighted by Crippen LogP contribution is 2.22. The number of carbonyl (C=O) groups excluding carboxylic acids is 1. The molecule has 2 rings (SSSR count). The molecule has 14 heavy (non-hydrogen) atoms. The average Bonchev–Trinajstić information content (AvgIpc) is 2.88. The summed E-state index contributed by atoms with van der Waals surface area (Å²) < 4.78 is 0. The smallest absolute Gasteiger partial charge is 0.278 e. The van der Waals surface area contributed by atoms with Crippen molar-refractivity contribution in [3.05, 3.63) is 17.0 Å². The number of nitrogens with one attached hydrogen (secondary N) is 2. The molecular weight excluding hydrogens is 198 g/mol. The van der Waals surface area contributed by atoms with Crippen molar-refractivity contribution in [1.29, 1.82) is 0 Å². The van der Waals surface area contributed by atoms with Crippen LogP contribution in [0.3, 0.4) is 0 Å². The molecule has 1 saturated heterocycles. The van der Waals surface area contributed by atoms with Crippen molar-refractivity contribution >= 4 is 22.2 Å². The number of anilines is 1. The Bertz CT molecular complexity index is 331. The fraction of sp³-hybridized carbons (Fsp3) is 0.444. The molecule has 0 unspecified atom stereocenters. The van der Waals surface area contributed by atoms with Gasteiger partial charge in [0.2, 0.25) is 0 Å². The number of rotatable bonds is 2. The van der Waals surface area contributed by atoms with Crippen LogP contribution >= 0.6 is 11.3 Å². The van der Waals surface area contributed by atoms with Gasteiger partial charge in [-0.25, -0.2) is 5.43 Å². The van der Waals surface area contributed by atoms with Crippen LogP contribution in [0, 0.1) is 0 Å². The largest absolute Gasteiger partial charge is 0.380 e. The Labute approximate surface area is 86.9 Å². The van der Waals surface area contributed by atoms with E-state index in [9.17, 15) is 4.79 Å². The summed E-state index contributed by atoms with van der Waals surface area (Å²) in [5.41, 5.74) is 3.05. The van der Waals surface area contributed by atoms with Crippen LogP contribution in [0.25, 0.3) is 0 Å². The lowest BCUT2D eigenvalue weighted by atomic mass is 10.4. The molecule has 1 aromatic rings. The Morgan fingerprint density at radius 2 is 2.50 bits per heavy atom. The number of thiophene rings is 1. The zero-order valence-corrected chi connectivity index (χ0v) is 8.86.